The van der Waals surface area contributed by atoms with Gasteiger partial charge in [0.1, 0.15) is 0 Å². The molecule has 34 heavy (non-hydrogen) atoms. The quantitative estimate of drug-likeness (QED) is 0.437. The van der Waals surface area contributed by atoms with Crippen LogP contribution in [0.5, 0.6) is 0 Å². The number of aliphatic hydroxyl groups is 1. The van der Waals surface area contributed by atoms with Crippen molar-refractivity contribution in [1.29, 1.82) is 0 Å². The zero-order chi connectivity index (χ0) is 23.7. The van der Waals surface area contributed by atoms with Crippen molar-refractivity contribution in [2.45, 2.75) is 58.0 Å². The molecule has 0 saturated carbocycles. The van der Waals surface area contributed by atoms with Crippen LogP contribution in [0.3, 0.4) is 0 Å². The number of nitrogens with one attached hydrogen (secondary N) is 1. The predicted octanol–water partition coefficient (Wildman–Crippen LogP) is 3.93. The molecular weight excluding hydrogens is 428 g/mol. The van der Waals surface area contributed by atoms with Gasteiger partial charge in [0.15, 0.2) is 0 Å². The third kappa shape index (κ3) is 3.77. The highest BCUT2D eigenvalue weighted by Gasteiger charge is 2.31. The fourth-order valence-electron chi connectivity index (χ4n) is 5.29. The lowest BCUT2D eigenvalue weighted by Crippen LogP contribution is -2.36. The number of aromatic amines is 1. The minimum absolute atomic E-state index is 0.0176. The summed E-state index contributed by atoms with van der Waals surface area (Å²) in [5.74, 6) is 0.538. The Morgan fingerprint density at radius 3 is 2.47 bits per heavy atom. The van der Waals surface area contributed by atoms with Crippen LogP contribution >= 0.6 is 0 Å². The molecular formula is C26H30N6O2. The summed E-state index contributed by atoms with van der Waals surface area (Å²) in [6, 6.07) is 16.3. The number of rotatable bonds is 7. The van der Waals surface area contributed by atoms with Gasteiger partial charge < -0.3 is 5.11 Å². The van der Waals surface area contributed by atoms with Crippen LogP contribution in [0, 0.1) is 0 Å². The molecule has 0 saturated heterocycles. The Balaban J connectivity index is 1.65. The third-order valence-electron chi connectivity index (χ3n) is 6.89. The average Bonchev–Trinajstić information content (AvgIpc) is 3.49. The van der Waals surface area contributed by atoms with E-state index in [0.29, 0.717) is 12.2 Å². The Kier molecular flexibility index (Phi) is 6.15. The van der Waals surface area contributed by atoms with Gasteiger partial charge in [-0.05, 0) is 48.1 Å². The van der Waals surface area contributed by atoms with E-state index in [2.05, 4.69) is 57.4 Å². The molecule has 1 aliphatic heterocycles. The van der Waals surface area contributed by atoms with Crippen LogP contribution < -0.4 is 5.56 Å². The maximum Gasteiger partial charge on any atom is 0.270 e. The normalized spacial score (nSPS) is 17.6. The monoisotopic (exact) mass is 458 g/mol. The molecule has 0 fully saturated rings. The van der Waals surface area contributed by atoms with Gasteiger partial charge in [0, 0.05) is 29.3 Å². The van der Waals surface area contributed by atoms with Crippen molar-refractivity contribution in [2.24, 2.45) is 0 Å². The lowest BCUT2D eigenvalue weighted by atomic mass is 9.91. The standard InChI is InChI=1S/C26H30N6O2/c1-3-8-24-23(26(34)32-19(16-33)14-13-17(2)31(24)32)15-18-9-4-5-10-20(18)21-11-6-7-12-22(21)25-27-29-30-28-25/h4-7,9-12,17,19,33H,3,8,13-16H2,1-2H3,(H,27,28,29,30). The first-order chi connectivity index (χ1) is 16.6. The second-order valence-corrected chi connectivity index (χ2v) is 9.05. The summed E-state index contributed by atoms with van der Waals surface area (Å²) in [4.78, 5) is 13.7. The van der Waals surface area contributed by atoms with Crippen molar-refractivity contribution < 1.29 is 5.11 Å². The van der Waals surface area contributed by atoms with Crippen molar-refractivity contribution >= 4 is 0 Å². The van der Waals surface area contributed by atoms with Crippen LogP contribution in [0.2, 0.25) is 0 Å². The second-order valence-electron chi connectivity index (χ2n) is 9.05. The fourth-order valence-corrected chi connectivity index (χ4v) is 5.29. The number of aromatic nitrogens is 6. The first kappa shape index (κ1) is 22.3. The van der Waals surface area contributed by atoms with E-state index in [0.717, 1.165) is 59.2 Å². The van der Waals surface area contributed by atoms with E-state index in [4.69, 9.17) is 0 Å². The zero-order valence-electron chi connectivity index (χ0n) is 19.6. The lowest BCUT2D eigenvalue weighted by molar-refractivity contribution is 0.147. The molecule has 2 N–H and O–H groups in total. The van der Waals surface area contributed by atoms with Crippen molar-refractivity contribution in [2.75, 3.05) is 6.61 Å². The van der Waals surface area contributed by atoms with Crippen LogP contribution in [-0.4, -0.2) is 41.7 Å². The van der Waals surface area contributed by atoms with Gasteiger partial charge >= 0.3 is 0 Å². The number of hydrogen-bond acceptors (Lipinski definition) is 5. The molecule has 3 heterocycles. The van der Waals surface area contributed by atoms with Crippen molar-refractivity contribution in [3.05, 3.63) is 75.7 Å². The Labute approximate surface area is 198 Å². The molecule has 0 amide bonds. The number of aliphatic hydroxyl groups excluding tert-OH is 1. The summed E-state index contributed by atoms with van der Waals surface area (Å²) >= 11 is 0. The molecule has 0 spiro atoms. The highest BCUT2D eigenvalue weighted by Crippen LogP contribution is 2.35. The van der Waals surface area contributed by atoms with Gasteiger partial charge in [-0.2, -0.15) is 5.21 Å². The highest BCUT2D eigenvalue weighted by molar-refractivity contribution is 5.82. The molecule has 2 aromatic heterocycles. The summed E-state index contributed by atoms with van der Waals surface area (Å²) < 4.78 is 3.99. The summed E-state index contributed by atoms with van der Waals surface area (Å²) in [7, 11) is 0. The number of fused-ring (bicyclic) bond motifs is 1. The molecule has 5 rings (SSSR count). The molecule has 2 atom stereocenters. The van der Waals surface area contributed by atoms with E-state index in [1.54, 1.807) is 0 Å². The Morgan fingerprint density at radius 2 is 1.76 bits per heavy atom. The topological polar surface area (TPSA) is 102 Å². The number of hydrogen-bond donors (Lipinski definition) is 2. The summed E-state index contributed by atoms with van der Waals surface area (Å²) in [6.45, 7) is 4.29. The van der Waals surface area contributed by atoms with E-state index in [1.807, 2.05) is 35.0 Å². The third-order valence-corrected chi connectivity index (χ3v) is 6.89. The van der Waals surface area contributed by atoms with Crippen LogP contribution in [0.1, 0.15) is 62.0 Å². The summed E-state index contributed by atoms with van der Waals surface area (Å²) in [6.07, 6.45) is 4.10. The second kappa shape index (κ2) is 9.38. The molecule has 2 aromatic carbocycles. The first-order valence-electron chi connectivity index (χ1n) is 12.0. The zero-order valence-corrected chi connectivity index (χ0v) is 19.6. The van der Waals surface area contributed by atoms with E-state index in [-0.39, 0.29) is 24.2 Å². The van der Waals surface area contributed by atoms with Gasteiger partial charge in [-0.25, -0.2) is 4.68 Å². The molecule has 0 radical (unpaired) electrons. The van der Waals surface area contributed by atoms with Crippen LogP contribution in [-0.2, 0) is 12.8 Å². The average molecular weight is 459 g/mol. The van der Waals surface area contributed by atoms with Crippen molar-refractivity contribution in [1.82, 2.24) is 30.0 Å². The number of nitrogens with zero attached hydrogens (tertiary/aromatic N) is 5. The minimum atomic E-state index is -0.165. The molecule has 4 aromatic rings. The fraction of sp³-hybridized carbons (Fsp3) is 0.385. The lowest BCUT2D eigenvalue weighted by Gasteiger charge is -2.31. The number of H-pyrrole nitrogens is 1. The summed E-state index contributed by atoms with van der Waals surface area (Å²) in [5, 5.41) is 24.6. The van der Waals surface area contributed by atoms with Crippen LogP contribution in [0.15, 0.2) is 53.3 Å². The molecule has 2 unspecified atom stereocenters. The van der Waals surface area contributed by atoms with Crippen molar-refractivity contribution in [3.8, 4) is 22.5 Å². The number of tetrazole rings is 1. The highest BCUT2D eigenvalue weighted by atomic mass is 16.3. The Bertz CT molecular complexity index is 1340. The van der Waals surface area contributed by atoms with Crippen LogP contribution in [0.25, 0.3) is 22.5 Å². The molecule has 0 bridgehead atoms. The van der Waals surface area contributed by atoms with E-state index in [1.165, 1.54) is 0 Å². The van der Waals surface area contributed by atoms with Gasteiger partial charge in [-0.15, -0.1) is 10.2 Å². The maximum absolute atomic E-state index is 13.7. The largest absolute Gasteiger partial charge is 0.394 e. The van der Waals surface area contributed by atoms with Crippen molar-refractivity contribution in [3.63, 3.8) is 0 Å². The van der Waals surface area contributed by atoms with E-state index >= 15 is 0 Å². The van der Waals surface area contributed by atoms with Gasteiger partial charge in [0.05, 0.1) is 12.6 Å². The molecule has 176 valence electrons. The predicted molar refractivity (Wildman–Crippen MR) is 131 cm³/mol. The smallest absolute Gasteiger partial charge is 0.270 e. The van der Waals surface area contributed by atoms with E-state index in [9.17, 15) is 9.90 Å². The Morgan fingerprint density at radius 1 is 1.03 bits per heavy atom. The van der Waals surface area contributed by atoms with E-state index < -0.39 is 0 Å². The first-order valence-corrected chi connectivity index (χ1v) is 12.0. The number of benzene rings is 2. The summed E-state index contributed by atoms with van der Waals surface area (Å²) in [5.41, 5.74) is 5.96. The minimum Gasteiger partial charge on any atom is -0.394 e. The van der Waals surface area contributed by atoms with Crippen LogP contribution in [0.4, 0.5) is 0 Å². The molecule has 8 nitrogen and oxygen atoms in total. The molecule has 1 aliphatic rings. The maximum atomic E-state index is 13.7. The van der Waals surface area contributed by atoms with Gasteiger partial charge in [-0.3, -0.25) is 9.48 Å². The SMILES string of the molecule is CCCc1c(Cc2ccccc2-c2ccccc2-c2nn[nH]n2)c(=O)n2n1C(C)CCC2CO. The van der Waals surface area contributed by atoms with Gasteiger partial charge in [-0.1, -0.05) is 61.9 Å². The van der Waals surface area contributed by atoms with Gasteiger partial charge in [0.25, 0.3) is 5.56 Å². The Hall–Kier alpha value is -3.52. The molecule has 0 aliphatic carbocycles. The molecule has 8 heteroatoms. The van der Waals surface area contributed by atoms with Gasteiger partial charge in [0.2, 0.25) is 5.82 Å².